The summed E-state index contributed by atoms with van der Waals surface area (Å²) < 4.78 is 74.4. The van der Waals surface area contributed by atoms with Gasteiger partial charge in [0.2, 0.25) is 0 Å². The topological polar surface area (TPSA) is 109 Å². The standard InChI is InChI=1S/2C12H7F3N4.Eu/c2*13-12(14,15)11-17-10(18-19-11)9-6-5-7-3-1-2-4-8(7)16-9;/h2*1-6H,(H,17,18,19);. The van der Waals surface area contributed by atoms with Gasteiger partial charge in [-0.1, -0.05) is 48.5 Å². The molecule has 0 amide bonds. The van der Waals surface area contributed by atoms with Crippen LogP contribution in [0.3, 0.4) is 0 Å². The number of aromatic nitrogens is 8. The molecule has 0 aliphatic rings. The minimum Gasteiger partial charge on any atom is -0.257 e. The number of aromatic amines is 2. The molecule has 6 rings (SSSR count). The molecule has 0 aliphatic heterocycles. The third-order valence-electron chi connectivity index (χ3n) is 5.16. The number of hydrogen-bond donors (Lipinski definition) is 2. The van der Waals surface area contributed by atoms with Crippen molar-refractivity contribution in [2.75, 3.05) is 0 Å². The second kappa shape index (κ2) is 11.4. The van der Waals surface area contributed by atoms with Crippen LogP contribution in [-0.4, -0.2) is 40.3 Å². The third kappa shape index (κ3) is 6.65. The largest absolute Gasteiger partial charge is 0.453 e. The van der Waals surface area contributed by atoms with Crippen LogP contribution in [0.5, 0.6) is 0 Å². The van der Waals surface area contributed by atoms with Gasteiger partial charge in [-0.25, -0.2) is 19.9 Å². The molecule has 0 bridgehead atoms. The van der Waals surface area contributed by atoms with E-state index in [0.29, 0.717) is 22.4 Å². The molecule has 39 heavy (non-hydrogen) atoms. The molecule has 2 aromatic carbocycles. The Labute approximate surface area is 255 Å². The molecule has 15 heteroatoms. The van der Waals surface area contributed by atoms with Crippen LogP contribution < -0.4 is 0 Å². The van der Waals surface area contributed by atoms with Gasteiger partial charge in [0, 0.05) is 60.1 Å². The molecule has 4 aromatic heterocycles. The van der Waals surface area contributed by atoms with E-state index < -0.39 is 24.0 Å². The van der Waals surface area contributed by atoms with Crippen molar-refractivity contribution in [3.05, 3.63) is 84.4 Å². The SMILES string of the molecule is FC(F)(F)c1n[nH]c(-c2ccc3ccccc3n2)n1.FC(F)(F)c1n[nH]c(-c2ccc3ccccc3n2)n1.[Eu]. The second-order valence-corrected chi connectivity index (χ2v) is 7.79. The van der Waals surface area contributed by atoms with Crippen LogP contribution in [0.4, 0.5) is 26.3 Å². The van der Waals surface area contributed by atoms with E-state index in [1.54, 1.807) is 48.5 Å². The Kier molecular flexibility index (Phi) is 8.42. The number of para-hydroxylation sites is 2. The summed E-state index contributed by atoms with van der Waals surface area (Å²) in [6.45, 7) is 0. The number of nitrogens with one attached hydrogen (secondary N) is 2. The molecule has 2 N–H and O–H groups in total. The maximum Gasteiger partial charge on any atom is 0.453 e. The van der Waals surface area contributed by atoms with E-state index in [-0.39, 0.29) is 61.0 Å². The number of benzene rings is 2. The Bertz CT molecular complexity index is 1600. The van der Waals surface area contributed by atoms with E-state index >= 15 is 0 Å². The summed E-state index contributed by atoms with van der Waals surface area (Å²) >= 11 is 0. The van der Waals surface area contributed by atoms with Gasteiger partial charge in [-0.15, -0.1) is 10.2 Å². The van der Waals surface area contributed by atoms with E-state index in [4.69, 9.17) is 0 Å². The maximum atomic E-state index is 12.4. The number of alkyl halides is 6. The van der Waals surface area contributed by atoms with Gasteiger partial charge in [-0.2, -0.15) is 26.3 Å². The van der Waals surface area contributed by atoms with Crippen molar-refractivity contribution in [3.8, 4) is 23.0 Å². The number of hydrogen-bond acceptors (Lipinski definition) is 6. The molecule has 1 radical (unpaired) electrons. The molecule has 0 atom stereocenters. The molecule has 0 unspecified atom stereocenters. The van der Waals surface area contributed by atoms with Gasteiger partial charge < -0.3 is 0 Å². The summed E-state index contributed by atoms with van der Waals surface area (Å²) in [6, 6.07) is 21.4. The number of halogens is 6. The number of nitrogens with zero attached hydrogens (tertiary/aromatic N) is 6. The van der Waals surface area contributed by atoms with Crippen molar-refractivity contribution in [2.24, 2.45) is 0 Å². The molecular formula is C24H14EuF6N8. The van der Waals surface area contributed by atoms with Crippen LogP contribution >= 0.6 is 0 Å². The molecule has 199 valence electrons. The van der Waals surface area contributed by atoms with Gasteiger partial charge in [0.25, 0.3) is 11.6 Å². The van der Waals surface area contributed by atoms with Crippen molar-refractivity contribution in [2.45, 2.75) is 12.4 Å². The predicted molar refractivity (Wildman–Crippen MR) is 124 cm³/mol. The average Bonchev–Trinajstić information content (AvgIpc) is 3.59. The number of pyridine rings is 2. The Hall–Kier alpha value is -3.30. The van der Waals surface area contributed by atoms with Gasteiger partial charge in [0.15, 0.2) is 11.6 Å². The van der Waals surface area contributed by atoms with Gasteiger partial charge >= 0.3 is 12.4 Å². The van der Waals surface area contributed by atoms with Crippen LogP contribution in [0, 0.1) is 49.4 Å². The van der Waals surface area contributed by atoms with E-state index in [0.717, 1.165) is 10.8 Å². The van der Waals surface area contributed by atoms with Crippen LogP contribution in [0.15, 0.2) is 72.8 Å². The third-order valence-corrected chi connectivity index (χ3v) is 5.16. The number of rotatable bonds is 2. The van der Waals surface area contributed by atoms with Crippen LogP contribution in [0.25, 0.3) is 44.8 Å². The maximum absolute atomic E-state index is 12.4. The molecule has 0 spiro atoms. The molecule has 0 aliphatic carbocycles. The van der Waals surface area contributed by atoms with Crippen LogP contribution in [0.2, 0.25) is 0 Å². The second-order valence-electron chi connectivity index (χ2n) is 7.79. The Morgan fingerprint density at radius 1 is 0.487 bits per heavy atom. The fourth-order valence-corrected chi connectivity index (χ4v) is 3.40. The molecule has 0 saturated heterocycles. The fraction of sp³-hybridized carbons (Fsp3) is 0.0833. The van der Waals surface area contributed by atoms with Gasteiger partial charge in [-0.3, -0.25) is 10.2 Å². The summed E-state index contributed by atoms with van der Waals surface area (Å²) in [7, 11) is 0. The summed E-state index contributed by atoms with van der Waals surface area (Å²) in [5, 5.41) is 12.6. The van der Waals surface area contributed by atoms with Crippen molar-refractivity contribution in [1.29, 1.82) is 0 Å². The van der Waals surface area contributed by atoms with Crippen molar-refractivity contribution >= 4 is 21.8 Å². The van der Waals surface area contributed by atoms with Crippen molar-refractivity contribution in [1.82, 2.24) is 40.3 Å². The normalized spacial score (nSPS) is 11.6. The molecular weight excluding hydrogens is 666 g/mol. The van der Waals surface area contributed by atoms with E-state index in [2.05, 4.69) is 40.3 Å². The van der Waals surface area contributed by atoms with E-state index in [1.807, 2.05) is 24.3 Å². The van der Waals surface area contributed by atoms with Crippen molar-refractivity contribution in [3.63, 3.8) is 0 Å². The van der Waals surface area contributed by atoms with Gasteiger partial charge in [0.05, 0.1) is 11.0 Å². The summed E-state index contributed by atoms with van der Waals surface area (Å²) in [4.78, 5) is 15.3. The minimum absolute atomic E-state index is 0. The van der Waals surface area contributed by atoms with E-state index in [9.17, 15) is 26.3 Å². The summed E-state index contributed by atoms with van der Waals surface area (Å²) in [5.41, 5.74) is 2.01. The first-order chi connectivity index (χ1) is 18.1. The molecule has 0 saturated carbocycles. The van der Waals surface area contributed by atoms with Crippen molar-refractivity contribution < 1.29 is 75.7 Å². The first kappa shape index (κ1) is 28.7. The first-order valence-electron chi connectivity index (χ1n) is 10.8. The molecule has 8 nitrogen and oxygen atoms in total. The smallest absolute Gasteiger partial charge is 0.257 e. The van der Waals surface area contributed by atoms with Gasteiger partial charge in [-0.05, 0) is 24.3 Å². The zero-order valence-corrected chi connectivity index (χ0v) is 21.7. The minimum atomic E-state index is -4.56. The molecule has 6 aromatic rings. The fourth-order valence-electron chi connectivity index (χ4n) is 3.40. The first-order valence-corrected chi connectivity index (χ1v) is 10.8. The molecule has 0 fully saturated rings. The van der Waals surface area contributed by atoms with Crippen LogP contribution in [0.1, 0.15) is 11.6 Å². The Balaban J connectivity index is 0.000000176. The zero-order chi connectivity index (χ0) is 26.9. The average molecular weight is 680 g/mol. The number of H-pyrrole nitrogens is 2. The summed E-state index contributed by atoms with van der Waals surface area (Å²) in [6.07, 6.45) is -9.13. The molecule has 4 heterocycles. The zero-order valence-electron chi connectivity index (χ0n) is 19.3. The summed E-state index contributed by atoms with van der Waals surface area (Å²) in [5.74, 6) is -2.40. The Morgan fingerprint density at radius 3 is 1.23 bits per heavy atom. The van der Waals surface area contributed by atoms with E-state index in [1.165, 1.54) is 0 Å². The quantitative estimate of drug-likeness (QED) is 0.215. The number of fused-ring (bicyclic) bond motifs is 2. The Morgan fingerprint density at radius 2 is 0.872 bits per heavy atom. The monoisotopic (exact) mass is 681 g/mol. The predicted octanol–water partition coefficient (Wildman–Crippen LogP) is 6.08. The van der Waals surface area contributed by atoms with Gasteiger partial charge in [0.1, 0.15) is 11.4 Å². The van der Waals surface area contributed by atoms with Crippen LogP contribution in [-0.2, 0) is 12.4 Å².